The molecule has 0 fully saturated rings. The maximum atomic E-state index is 11.4. The molecule has 0 aliphatic rings. The van der Waals surface area contributed by atoms with Gasteiger partial charge in [-0.2, -0.15) is 0 Å². The molecule has 0 aromatic carbocycles. The van der Waals surface area contributed by atoms with Crippen molar-refractivity contribution in [2.45, 2.75) is 26.8 Å². The quantitative estimate of drug-likeness (QED) is 0.746. The lowest BCUT2D eigenvalue weighted by Crippen LogP contribution is -2.30. The van der Waals surface area contributed by atoms with Crippen LogP contribution in [0.4, 0.5) is 0 Å². The Hall–Kier alpha value is -1.38. The van der Waals surface area contributed by atoms with E-state index >= 15 is 0 Å². The largest absolute Gasteiger partial charge is 0.349 e. The van der Waals surface area contributed by atoms with Crippen molar-refractivity contribution < 1.29 is 4.79 Å². The minimum atomic E-state index is -0.116. The molecule has 13 heavy (non-hydrogen) atoms. The Bertz CT molecular complexity index is 290. The van der Waals surface area contributed by atoms with E-state index in [2.05, 4.69) is 10.3 Å². The average Bonchev–Trinajstić information content (AvgIpc) is 2.04. The molecule has 3 heteroatoms. The highest BCUT2D eigenvalue weighted by Gasteiger charge is 2.06. The summed E-state index contributed by atoms with van der Waals surface area (Å²) in [5.41, 5.74) is 1.53. The summed E-state index contributed by atoms with van der Waals surface area (Å²) < 4.78 is 0. The van der Waals surface area contributed by atoms with Crippen molar-refractivity contribution in [2.75, 3.05) is 0 Å². The van der Waals surface area contributed by atoms with Gasteiger partial charge in [0.25, 0.3) is 5.91 Å². The van der Waals surface area contributed by atoms with Crippen molar-refractivity contribution in [3.63, 3.8) is 0 Å². The number of nitrogens with zero attached hydrogens (tertiary/aromatic N) is 1. The van der Waals surface area contributed by atoms with Gasteiger partial charge in [0, 0.05) is 12.2 Å². The molecule has 1 N–H and O–H groups in total. The number of hydrogen-bond acceptors (Lipinski definition) is 2. The van der Waals surface area contributed by atoms with Gasteiger partial charge in [-0.3, -0.25) is 9.78 Å². The lowest BCUT2D eigenvalue weighted by atomic mass is 10.2. The third kappa shape index (κ3) is 2.86. The van der Waals surface area contributed by atoms with Crippen molar-refractivity contribution in [1.82, 2.24) is 10.3 Å². The van der Waals surface area contributed by atoms with Crippen LogP contribution in [0.3, 0.4) is 0 Å². The SMILES string of the molecule is Cc1ccc(C(=O)NC(C)C)nc1. The molecule has 1 heterocycles. The first-order valence-electron chi connectivity index (χ1n) is 4.33. The van der Waals surface area contributed by atoms with Gasteiger partial charge in [-0.05, 0) is 32.4 Å². The number of pyridine rings is 1. The highest BCUT2D eigenvalue weighted by molar-refractivity contribution is 5.92. The van der Waals surface area contributed by atoms with Crippen LogP contribution in [0.25, 0.3) is 0 Å². The molecule has 0 bridgehead atoms. The van der Waals surface area contributed by atoms with E-state index < -0.39 is 0 Å². The fraction of sp³-hybridized carbons (Fsp3) is 0.400. The second-order valence-electron chi connectivity index (χ2n) is 3.35. The highest BCUT2D eigenvalue weighted by atomic mass is 16.1. The topological polar surface area (TPSA) is 42.0 Å². The molecule has 70 valence electrons. The Kier molecular flexibility index (Phi) is 3.01. The molecule has 1 aromatic rings. The third-order valence-corrected chi connectivity index (χ3v) is 1.56. The number of amides is 1. The normalized spacial score (nSPS) is 10.2. The molecule has 0 aliphatic heterocycles. The Labute approximate surface area is 78.2 Å². The fourth-order valence-corrected chi connectivity index (χ4v) is 0.938. The average molecular weight is 178 g/mol. The standard InChI is InChI=1S/C10H14N2O/c1-7(2)12-10(13)9-5-4-8(3)6-11-9/h4-7H,1-3H3,(H,12,13). The molecule has 0 unspecified atom stereocenters. The van der Waals surface area contributed by atoms with E-state index in [1.807, 2.05) is 26.8 Å². The monoisotopic (exact) mass is 178 g/mol. The summed E-state index contributed by atoms with van der Waals surface area (Å²) in [4.78, 5) is 15.4. The van der Waals surface area contributed by atoms with Gasteiger partial charge in [0.1, 0.15) is 5.69 Å². The molecule has 3 nitrogen and oxygen atoms in total. The third-order valence-electron chi connectivity index (χ3n) is 1.56. The number of aryl methyl sites for hydroxylation is 1. The van der Waals surface area contributed by atoms with Gasteiger partial charge in [-0.25, -0.2) is 0 Å². The van der Waals surface area contributed by atoms with E-state index in [0.717, 1.165) is 5.56 Å². The number of aromatic nitrogens is 1. The second kappa shape index (κ2) is 4.03. The Morgan fingerprint density at radius 2 is 2.15 bits per heavy atom. The first-order chi connectivity index (χ1) is 6.09. The first kappa shape index (κ1) is 9.71. The Morgan fingerprint density at radius 1 is 1.46 bits per heavy atom. The highest BCUT2D eigenvalue weighted by Crippen LogP contribution is 1.98. The van der Waals surface area contributed by atoms with Crippen LogP contribution in [0, 0.1) is 6.92 Å². The summed E-state index contributed by atoms with van der Waals surface area (Å²) in [6, 6.07) is 3.76. The lowest BCUT2D eigenvalue weighted by molar-refractivity contribution is 0.0938. The summed E-state index contributed by atoms with van der Waals surface area (Å²) in [5, 5.41) is 2.78. The number of carbonyl (C=O) groups excluding carboxylic acids is 1. The summed E-state index contributed by atoms with van der Waals surface area (Å²) in [6.07, 6.45) is 1.69. The molecule has 0 saturated carbocycles. The lowest BCUT2D eigenvalue weighted by Gasteiger charge is -2.07. The first-order valence-corrected chi connectivity index (χ1v) is 4.33. The summed E-state index contributed by atoms with van der Waals surface area (Å²) >= 11 is 0. The summed E-state index contributed by atoms with van der Waals surface area (Å²) in [7, 11) is 0. The van der Waals surface area contributed by atoms with Crippen LogP contribution in [0.1, 0.15) is 29.9 Å². The molecule has 1 aromatic heterocycles. The predicted octanol–water partition coefficient (Wildman–Crippen LogP) is 1.53. The van der Waals surface area contributed by atoms with Crippen molar-refractivity contribution in [3.05, 3.63) is 29.6 Å². The van der Waals surface area contributed by atoms with Crippen molar-refractivity contribution in [3.8, 4) is 0 Å². The second-order valence-corrected chi connectivity index (χ2v) is 3.35. The van der Waals surface area contributed by atoms with Crippen LogP contribution in [0.5, 0.6) is 0 Å². The van der Waals surface area contributed by atoms with Crippen LogP contribution in [-0.2, 0) is 0 Å². The zero-order valence-corrected chi connectivity index (χ0v) is 8.16. The molecule has 0 spiro atoms. The maximum absolute atomic E-state index is 11.4. The van der Waals surface area contributed by atoms with Crippen molar-refractivity contribution in [1.29, 1.82) is 0 Å². The molecule has 1 amide bonds. The molecule has 1 rings (SSSR count). The molecule has 0 atom stereocenters. The molecular weight excluding hydrogens is 164 g/mol. The van der Waals surface area contributed by atoms with E-state index in [9.17, 15) is 4.79 Å². The van der Waals surface area contributed by atoms with Crippen LogP contribution >= 0.6 is 0 Å². The number of rotatable bonds is 2. The molecule has 0 radical (unpaired) electrons. The van der Waals surface area contributed by atoms with Crippen LogP contribution < -0.4 is 5.32 Å². The number of nitrogens with one attached hydrogen (secondary N) is 1. The van der Waals surface area contributed by atoms with Gasteiger partial charge in [0.2, 0.25) is 0 Å². The van der Waals surface area contributed by atoms with E-state index in [0.29, 0.717) is 5.69 Å². The minimum absolute atomic E-state index is 0.116. The van der Waals surface area contributed by atoms with Crippen molar-refractivity contribution >= 4 is 5.91 Å². The van der Waals surface area contributed by atoms with Gasteiger partial charge >= 0.3 is 0 Å². The zero-order valence-electron chi connectivity index (χ0n) is 8.16. The van der Waals surface area contributed by atoms with Crippen LogP contribution in [0.2, 0.25) is 0 Å². The van der Waals surface area contributed by atoms with E-state index in [1.54, 1.807) is 12.3 Å². The van der Waals surface area contributed by atoms with Crippen LogP contribution in [-0.4, -0.2) is 16.9 Å². The van der Waals surface area contributed by atoms with Gasteiger partial charge in [0.05, 0.1) is 0 Å². The van der Waals surface area contributed by atoms with Gasteiger partial charge in [-0.1, -0.05) is 6.07 Å². The fourth-order valence-electron chi connectivity index (χ4n) is 0.938. The maximum Gasteiger partial charge on any atom is 0.270 e. The zero-order chi connectivity index (χ0) is 9.84. The molecule has 0 aliphatic carbocycles. The van der Waals surface area contributed by atoms with Crippen molar-refractivity contribution in [2.24, 2.45) is 0 Å². The van der Waals surface area contributed by atoms with E-state index in [-0.39, 0.29) is 11.9 Å². The van der Waals surface area contributed by atoms with Gasteiger partial charge in [0.15, 0.2) is 0 Å². The van der Waals surface area contributed by atoms with E-state index in [1.165, 1.54) is 0 Å². The Balaban J connectivity index is 2.72. The smallest absolute Gasteiger partial charge is 0.270 e. The number of carbonyl (C=O) groups is 1. The molecular formula is C10H14N2O. The van der Waals surface area contributed by atoms with Crippen LogP contribution in [0.15, 0.2) is 18.3 Å². The summed E-state index contributed by atoms with van der Waals surface area (Å²) in [6.45, 7) is 5.79. The minimum Gasteiger partial charge on any atom is -0.349 e. The van der Waals surface area contributed by atoms with Gasteiger partial charge < -0.3 is 5.32 Å². The summed E-state index contributed by atoms with van der Waals surface area (Å²) in [5.74, 6) is -0.116. The van der Waals surface area contributed by atoms with E-state index in [4.69, 9.17) is 0 Å². The Morgan fingerprint density at radius 3 is 2.62 bits per heavy atom. The molecule has 0 saturated heterocycles. The predicted molar refractivity (Wildman–Crippen MR) is 51.6 cm³/mol. The number of hydrogen-bond donors (Lipinski definition) is 1. The van der Waals surface area contributed by atoms with Gasteiger partial charge in [-0.15, -0.1) is 0 Å².